The monoisotopic (exact) mass is 330 g/mol. The van der Waals surface area contributed by atoms with E-state index in [0.717, 1.165) is 11.3 Å². The third-order valence-corrected chi connectivity index (χ3v) is 3.51. The average Bonchev–Trinajstić information content (AvgIpc) is 3.20. The summed E-state index contributed by atoms with van der Waals surface area (Å²) in [6.45, 7) is 0.522. The standard InChI is InChI=1S/C17H15ClN2O3/c18-13-5-3-12(4-6-13)17-20-14(11-23-17)10-16(21)19-8-7-15-2-1-9-22-15/h1-6,9,11H,7-8,10H2,(H,19,21). The van der Waals surface area contributed by atoms with E-state index in [2.05, 4.69) is 10.3 Å². The maximum atomic E-state index is 11.9. The van der Waals surface area contributed by atoms with Crippen LogP contribution in [-0.4, -0.2) is 17.4 Å². The predicted molar refractivity (Wildman–Crippen MR) is 86.1 cm³/mol. The first-order chi connectivity index (χ1) is 11.2. The number of amides is 1. The van der Waals surface area contributed by atoms with E-state index in [-0.39, 0.29) is 12.3 Å². The maximum Gasteiger partial charge on any atom is 0.226 e. The fourth-order valence-electron chi connectivity index (χ4n) is 2.12. The average molecular weight is 331 g/mol. The molecule has 2 aromatic heterocycles. The van der Waals surface area contributed by atoms with Gasteiger partial charge >= 0.3 is 0 Å². The summed E-state index contributed by atoms with van der Waals surface area (Å²) < 4.78 is 10.6. The van der Waals surface area contributed by atoms with E-state index in [4.69, 9.17) is 20.4 Å². The van der Waals surface area contributed by atoms with Crippen molar-refractivity contribution in [3.05, 3.63) is 65.4 Å². The first-order valence-corrected chi connectivity index (χ1v) is 7.58. The molecule has 1 aromatic carbocycles. The smallest absolute Gasteiger partial charge is 0.226 e. The minimum absolute atomic E-state index is 0.104. The van der Waals surface area contributed by atoms with Gasteiger partial charge in [-0.15, -0.1) is 0 Å². The van der Waals surface area contributed by atoms with E-state index in [1.807, 2.05) is 24.3 Å². The number of oxazole rings is 1. The van der Waals surface area contributed by atoms with Crippen molar-refractivity contribution in [1.29, 1.82) is 0 Å². The molecule has 0 unspecified atom stereocenters. The molecule has 0 aliphatic heterocycles. The lowest BCUT2D eigenvalue weighted by atomic mass is 10.2. The van der Waals surface area contributed by atoms with Gasteiger partial charge < -0.3 is 14.2 Å². The first kappa shape index (κ1) is 15.4. The normalized spacial score (nSPS) is 10.7. The predicted octanol–water partition coefficient (Wildman–Crippen LogP) is 3.49. The van der Waals surface area contributed by atoms with E-state index in [9.17, 15) is 4.79 Å². The molecule has 118 valence electrons. The van der Waals surface area contributed by atoms with Crippen LogP contribution in [0.4, 0.5) is 0 Å². The van der Waals surface area contributed by atoms with Crippen molar-refractivity contribution in [1.82, 2.24) is 10.3 Å². The Bertz CT molecular complexity index is 764. The van der Waals surface area contributed by atoms with Gasteiger partial charge in [0, 0.05) is 23.6 Å². The Morgan fingerprint density at radius 2 is 2.00 bits per heavy atom. The highest BCUT2D eigenvalue weighted by molar-refractivity contribution is 6.30. The molecule has 23 heavy (non-hydrogen) atoms. The minimum atomic E-state index is -0.104. The van der Waals surface area contributed by atoms with Crippen molar-refractivity contribution in [2.24, 2.45) is 0 Å². The molecule has 5 nitrogen and oxygen atoms in total. The maximum absolute atomic E-state index is 11.9. The second kappa shape index (κ2) is 7.15. The van der Waals surface area contributed by atoms with Crippen molar-refractivity contribution in [3.63, 3.8) is 0 Å². The molecule has 0 aliphatic carbocycles. The van der Waals surface area contributed by atoms with Crippen LogP contribution in [0.1, 0.15) is 11.5 Å². The third kappa shape index (κ3) is 4.23. The molecular formula is C17H15ClN2O3. The number of carbonyl (C=O) groups excluding carboxylic acids is 1. The SMILES string of the molecule is O=C(Cc1coc(-c2ccc(Cl)cc2)n1)NCCc1ccco1. The summed E-state index contributed by atoms with van der Waals surface area (Å²) in [6, 6.07) is 10.9. The lowest BCUT2D eigenvalue weighted by molar-refractivity contribution is -0.120. The summed E-state index contributed by atoms with van der Waals surface area (Å²) in [7, 11) is 0. The second-order valence-electron chi connectivity index (χ2n) is 5.01. The molecule has 2 heterocycles. The first-order valence-electron chi connectivity index (χ1n) is 7.20. The van der Waals surface area contributed by atoms with Crippen molar-refractivity contribution in [2.45, 2.75) is 12.8 Å². The van der Waals surface area contributed by atoms with E-state index >= 15 is 0 Å². The second-order valence-corrected chi connectivity index (χ2v) is 5.44. The summed E-state index contributed by atoms with van der Waals surface area (Å²) in [5.41, 5.74) is 1.41. The zero-order valence-electron chi connectivity index (χ0n) is 12.3. The summed E-state index contributed by atoms with van der Waals surface area (Å²) in [5.74, 6) is 1.21. The van der Waals surface area contributed by atoms with Gasteiger partial charge in [-0.1, -0.05) is 11.6 Å². The Hall–Kier alpha value is -2.53. The molecule has 0 saturated carbocycles. The van der Waals surface area contributed by atoms with Gasteiger partial charge in [0.1, 0.15) is 12.0 Å². The van der Waals surface area contributed by atoms with Gasteiger partial charge in [-0.3, -0.25) is 4.79 Å². The lowest BCUT2D eigenvalue weighted by Crippen LogP contribution is -2.27. The van der Waals surface area contributed by atoms with Gasteiger partial charge in [0.05, 0.1) is 18.4 Å². The van der Waals surface area contributed by atoms with Crippen molar-refractivity contribution >= 4 is 17.5 Å². The van der Waals surface area contributed by atoms with Gasteiger partial charge in [0.15, 0.2) is 0 Å². The van der Waals surface area contributed by atoms with Crippen LogP contribution in [-0.2, 0) is 17.6 Å². The third-order valence-electron chi connectivity index (χ3n) is 3.26. The highest BCUT2D eigenvalue weighted by Gasteiger charge is 2.10. The summed E-state index contributed by atoms with van der Waals surface area (Å²) in [4.78, 5) is 16.2. The summed E-state index contributed by atoms with van der Waals surface area (Å²) in [5, 5.41) is 3.48. The zero-order valence-corrected chi connectivity index (χ0v) is 13.0. The number of aromatic nitrogens is 1. The molecule has 0 radical (unpaired) electrons. The van der Waals surface area contributed by atoms with Crippen LogP contribution in [0.5, 0.6) is 0 Å². The lowest BCUT2D eigenvalue weighted by Gasteiger charge is -2.01. The molecule has 0 aliphatic rings. The highest BCUT2D eigenvalue weighted by atomic mass is 35.5. The van der Waals surface area contributed by atoms with Gasteiger partial charge in [-0.05, 0) is 36.4 Å². The number of nitrogens with one attached hydrogen (secondary N) is 1. The van der Waals surface area contributed by atoms with E-state index in [1.54, 1.807) is 18.4 Å². The van der Waals surface area contributed by atoms with Crippen LogP contribution in [0.2, 0.25) is 5.02 Å². The highest BCUT2D eigenvalue weighted by Crippen LogP contribution is 2.20. The Labute approximate surface area is 138 Å². The largest absolute Gasteiger partial charge is 0.469 e. The Kier molecular flexibility index (Phi) is 4.78. The van der Waals surface area contributed by atoms with Crippen molar-refractivity contribution < 1.29 is 13.6 Å². The molecule has 3 aromatic rings. The van der Waals surface area contributed by atoms with Crippen LogP contribution in [0.15, 0.2) is 57.8 Å². The zero-order chi connectivity index (χ0) is 16.1. The molecule has 0 fully saturated rings. The van der Waals surface area contributed by atoms with Crippen molar-refractivity contribution in [3.8, 4) is 11.5 Å². The molecule has 1 N–H and O–H groups in total. The van der Waals surface area contributed by atoms with Gasteiger partial charge in [0.2, 0.25) is 11.8 Å². The Morgan fingerprint density at radius 3 is 2.74 bits per heavy atom. The van der Waals surface area contributed by atoms with Gasteiger partial charge in [-0.2, -0.15) is 0 Å². The number of nitrogens with zero attached hydrogens (tertiary/aromatic N) is 1. The number of hydrogen-bond acceptors (Lipinski definition) is 4. The molecule has 0 atom stereocenters. The Balaban J connectivity index is 1.52. The van der Waals surface area contributed by atoms with Crippen LogP contribution >= 0.6 is 11.6 Å². The quantitative estimate of drug-likeness (QED) is 0.751. The fraction of sp³-hybridized carbons (Fsp3) is 0.176. The van der Waals surface area contributed by atoms with Crippen LogP contribution < -0.4 is 5.32 Å². The summed E-state index contributed by atoms with van der Waals surface area (Å²) in [6.07, 6.45) is 3.95. The Morgan fingerprint density at radius 1 is 1.17 bits per heavy atom. The number of hydrogen-bond donors (Lipinski definition) is 1. The van der Waals surface area contributed by atoms with Crippen LogP contribution in [0.25, 0.3) is 11.5 Å². The number of carbonyl (C=O) groups is 1. The molecule has 6 heteroatoms. The number of benzene rings is 1. The molecule has 0 spiro atoms. The number of furan rings is 1. The van der Waals surface area contributed by atoms with Crippen LogP contribution in [0, 0.1) is 0 Å². The van der Waals surface area contributed by atoms with Gasteiger partial charge in [-0.25, -0.2) is 4.98 Å². The molecule has 3 rings (SSSR count). The van der Waals surface area contributed by atoms with E-state index in [1.165, 1.54) is 6.26 Å². The summed E-state index contributed by atoms with van der Waals surface area (Å²) >= 11 is 5.85. The van der Waals surface area contributed by atoms with E-state index in [0.29, 0.717) is 29.6 Å². The van der Waals surface area contributed by atoms with Crippen LogP contribution in [0.3, 0.4) is 0 Å². The molecule has 0 saturated heterocycles. The van der Waals surface area contributed by atoms with Crippen molar-refractivity contribution in [2.75, 3.05) is 6.54 Å². The van der Waals surface area contributed by atoms with E-state index < -0.39 is 0 Å². The molecule has 0 bridgehead atoms. The molecular weight excluding hydrogens is 316 g/mol. The molecule has 1 amide bonds. The van der Waals surface area contributed by atoms with Gasteiger partial charge in [0.25, 0.3) is 0 Å². The fourth-order valence-corrected chi connectivity index (χ4v) is 2.25. The number of halogens is 1. The topological polar surface area (TPSA) is 68.3 Å². The minimum Gasteiger partial charge on any atom is -0.469 e. The number of rotatable bonds is 6.